The van der Waals surface area contributed by atoms with Crippen molar-refractivity contribution in [3.63, 3.8) is 0 Å². The summed E-state index contributed by atoms with van der Waals surface area (Å²) in [5.41, 5.74) is 5.56. The molecule has 0 unspecified atom stereocenters. The molecule has 0 saturated carbocycles. The normalized spacial score (nSPS) is 14.5. The largest absolute Gasteiger partial charge is 0.356 e. The van der Waals surface area contributed by atoms with Gasteiger partial charge in [-0.3, -0.25) is 4.79 Å². The van der Waals surface area contributed by atoms with Crippen LogP contribution in [0.4, 0.5) is 10.2 Å². The summed E-state index contributed by atoms with van der Waals surface area (Å²) in [5, 5.41) is 8.51. The van der Waals surface area contributed by atoms with Gasteiger partial charge in [0.1, 0.15) is 11.6 Å². The maximum absolute atomic E-state index is 13.1. The Balaban J connectivity index is 1.31. The number of piperidine rings is 1. The van der Waals surface area contributed by atoms with Crippen molar-refractivity contribution in [3.8, 4) is 11.1 Å². The van der Waals surface area contributed by atoms with E-state index in [4.69, 9.17) is 21.7 Å². The van der Waals surface area contributed by atoms with Gasteiger partial charge in [0, 0.05) is 47.9 Å². The van der Waals surface area contributed by atoms with Gasteiger partial charge in [-0.25, -0.2) is 9.37 Å². The van der Waals surface area contributed by atoms with Crippen LogP contribution in [0.3, 0.4) is 0 Å². The minimum atomic E-state index is -0.277. The summed E-state index contributed by atoms with van der Waals surface area (Å²) in [6, 6.07) is 16.0. The molecule has 0 radical (unpaired) electrons. The smallest absolute Gasteiger partial charge is 0.223 e. The molecule has 180 valence electrons. The lowest BCUT2D eigenvalue weighted by atomic mass is 9.95. The van der Waals surface area contributed by atoms with Crippen molar-refractivity contribution >= 4 is 29.0 Å². The number of carbonyl (C=O) groups excluding carboxylic acids is 1. The Morgan fingerprint density at radius 1 is 1.09 bits per heavy atom. The van der Waals surface area contributed by atoms with E-state index in [-0.39, 0.29) is 17.6 Å². The van der Waals surface area contributed by atoms with E-state index < -0.39 is 0 Å². The molecule has 4 aromatic rings. The summed E-state index contributed by atoms with van der Waals surface area (Å²) in [6.45, 7) is 5.90. The third kappa shape index (κ3) is 4.86. The van der Waals surface area contributed by atoms with E-state index in [1.807, 2.05) is 42.6 Å². The SMILES string of the molecule is Cc1cc(N2CCC(C(=O)NCc3ccc(F)cc3)CC2)n2nc(C)c(-c3ccc(Cl)cc3)c2n1. The number of hydrogen-bond acceptors (Lipinski definition) is 4. The van der Waals surface area contributed by atoms with Gasteiger partial charge >= 0.3 is 0 Å². The van der Waals surface area contributed by atoms with Crippen molar-refractivity contribution < 1.29 is 9.18 Å². The fraction of sp³-hybridized carbons (Fsp3) is 0.296. The summed E-state index contributed by atoms with van der Waals surface area (Å²) in [4.78, 5) is 19.8. The second-order valence-electron chi connectivity index (χ2n) is 9.06. The molecule has 0 spiro atoms. The Labute approximate surface area is 208 Å². The van der Waals surface area contributed by atoms with Crippen LogP contribution in [0.2, 0.25) is 5.02 Å². The average molecular weight is 492 g/mol. The van der Waals surface area contributed by atoms with Gasteiger partial charge in [0.25, 0.3) is 0 Å². The molecule has 1 aliphatic rings. The first-order valence-electron chi connectivity index (χ1n) is 11.8. The minimum absolute atomic E-state index is 0.0463. The molecule has 1 amide bonds. The summed E-state index contributed by atoms with van der Waals surface area (Å²) in [6.07, 6.45) is 1.50. The maximum Gasteiger partial charge on any atom is 0.223 e. The van der Waals surface area contributed by atoms with E-state index in [1.165, 1.54) is 12.1 Å². The topological polar surface area (TPSA) is 62.5 Å². The molecule has 1 saturated heterocycles. The molecule has 0 bridgehead atoms. The van der Waals surface area contributed by atoms with Gasteiger partial charge in [0.2, 0.25) is 5.91 Å². The molecule has 0 aliphatic carbocycles. The molecule has 2 aromatic heterocycles. The molecule has 0 atom stereocenters. The van der Waals surface area contributed by atoms with Crippen molar-refractivity contribution in [3.05, 3.63) is 82.4 Å². The Kier molecular flexibility index (Phi) is 6.43. The molecule has 6 nitrogen and oxygen atoms in total. The van der Waals surface area contributed by atoms with Gasteiger partial charge < -0.3 is 10.2 Å². The predicted octanol–water partition coefficient (Wildman–Crippen LogP) is 5.34. The monoisotopic (exact) mass is 491 g/mol. The number of aromatic nitrogens is 3. The number of benzene rings is 2. The Bertz CT molecular complexity index is 1360. The number of fused-ring (bicyclic) bond motifs is 1. The second kappa shape index (κ2) is 9.66. The molecule has 5 rings (SSSR count). The van der Waals surface area contributed by atoms with Crippen LogP contribution < -0.4 is 10.2 Å². The van der Waals surface area contributed by atoms with E-state index in [9.17, 15) is 9.18 Å². The van der Waals surface area contributed by atoms with Crippen LogP contribution >= 0.6 is 11.6 Å². The molecular weight excluding hydrogens is 465 g/mol. The number of rotatable bonds is 5. The van der Waals surface area contributed by atoms with E-state index in [2.05, 4.69) is 16.3 Å². The van der Waals surface area contributed by atoms with Crippen LogP contribution in [-0.2, 0) is 11.3 Å². The van der Waals surface area contributed by atoms with Gasteiger partial charge in [-0.1, -0.05) is 35.9 Å². The van der Waals surface area contributed by atoms with Gasteiger partial charge in [-0.15, -0.1) is 0 Å². The number of nitrogens with one attached hydrogen (secondary N) is 1. The van der Waals surface area contributed by atoms with Crippen molar-refractivity contribution in [1.29, 1.82) is 0 Å². The highest BCUT2D eigenvalue weighted by Crippen LogP contribution is 2.32. The predicted molar refractivity (Wildman–Crippen MR) is 136 cm³/mol. The van der Waals surface area contributed by atoms with Crippen molar-refractivity contribution in [1.82, 2.24) is 19.9 Å². The fourth-order valence-corrected chi connectivity index (χ4v) is 4.84. The van der Waals surface area contributed by atoms with Crippen molar-refractivity contribution in [2.24, 2.45) is 5.92 Å². The van der Waals surface area contributed by atoms with Gasteiger partial charge in [0.15, 0.2) is 5.65 Å². The van der Waals surface area contributed by atoms with Crippen LogP contribution in [0, 0.1) is 25.6 Å². The third-order valence-corrected chi connectivity index (χ3v) is 6.83. The fourth-order valence-electron chi connectivity index (χ4n) is 4.71. The quantitative estimate of drug-likeness (QED) is 0.409. The maximum atomic E-state index is 13.1. The van der Waals surface area contributed by atoms with E-state index in [0.717, 1.165) is 65.5 Å². The Morgan fingerprint density at radius 3 is 2.46 bits per heavy atom. The summed E-state index contributed by atoms with van der Waals surface area (Å²) >= 11 is 6.09. The lowest BCUT2D eigenvalue weighted by Gasteiger charge is -2.33. The van der Waals surface area contributed by atoms with Gasteiger partial charge in [0.05, 0.1) is 5.69 Å². The molecule has 1 aliphatic heterocycles. The second-order valence-corrected chi connectivity index (χ2v) is 9.50. The van der Waals surface area contributed by atoms with Gasteiger partial charge in [-0.05, 0) is 62.1 Å². The molecule has 3 heterocycles. The molecule has 35 heavy (non-hydrogen) atoms. The first kappa shape index (κ1) is 23.3. The highest BCUT2D eigenvalue weighted by Gasteiger charge is 2.27. The minimum Gasteiger partial charge on any atom is -0.356 e. The number of aryl methyl sites for hydroxylation is 2. The summed E-state index contributed by atoms with van der Waals surface area (Å²) in [5.74, 6) is 0.709. The molecule has 1 fully saturated rings. The number of anilines is 1. The summed E-state index contributed by atoms with van der Waals surface area (Å²) < 4.78 is 15.0. The van der Waals surface area contributed by atoms with Crippen molar-refractivity contribution in [2.45, 2.75) is 33.2 Å². The number of nitrogens with zero attached hydrogens (tertiary/aromatic N) is 4. The Hall–Kier alpha value is -3.45. The van der Waals surface area contributed by atoms with Crippen LogP contribution in [0.15, 0.2) is 54.6 Å². The number of carbonyl (C=O) groups is 1. The zero-order valence-corrected chi connectivity index (χ0v) is 20.5. The van der Waals surface area contributed by atoms with E-state index in [0.29, 0.717) is 11.6 Å². The molecule has 8 heteroatoms. The molecule has 2 aromatic carbocycles. The number of hydrogen-bond donors (Lipinski definition) is 1. The lowest BCUT2D eigenvalue weighted by Crippen LogP contribution is -2.41. The lowest BCUT2D eigenvalue weighted by molar-refractivity contribution is -0.125. The first-order chi connectivity index (χ1) is 16.9. The van der Waals surface area contributed by atoms with Crippen LogP contribution in [-0.4, -0.2) is 33.6 Å². The zero-order chi connectivity index (χ0) is 24.5. The van der Waals surface area contributed by atoms with E-state index >= 15 is 0 Å². The average Bonchev–Trinajstić information content (AvgIpc) is 3.19. The van der Waals surface area contributed by atoms with Crippen LogP contribution in [0.5, 0.6) is 0 Å². The van der Waals surface area contributed by atoms with Crippen LogP contribution in [0.25, 0.3) is 16.8 Å². The summed E-state index contributed by atoms with van der Waals surface area (Å²) in [7, 11) is 0. The van der Waals surface area contributed by atoms with Crippen molar-refractivity contribution in [2.75, 3.05) is 18.0 Å². The Morgan fingerprint density at radius 2 is 1.77 bits per heavy atom. The third-order valence-electron chi connectivity index (χ3n) is 6.58. The standard InChI is InChI=1S/C27H27ClFN5O/c1-17-15-24(34-26(31-17)25(18(2)32-34)20-5-7-22(28)8-6-20)33-13-11-21(12-14-33)27(35)30-16-19-3-9-23(29)10-4-19/h3-10,15,21H,11-14,16H2,1-2H3,(H,30,35). The highest BCUT2D eigenvalue weighted by molar-refractivity contribution is 6.30. The van der Waals surface area contributed by atoms with Gasteiger partial charge in [-0.2, -0.15) is 9.61 Å². The number of amides is 1. The van der Waals surface area contributed by atoms with E-state index in [1.54, 1.807) is 12.1 Å². The molecular formula is C27H27ClFN5O. The highest BCUT2D eigenvalue weighted by atomic mass is 35.5. The molecule has 1 N–H and O–H groups in total. The zero-order valence-electron chi connectivity index (χ0n) is 19.8. The van der Waals surface area contributed by atoms with Crippen LogP contribution in [0.1, 0.15) is 29.8 Å². The number of halogens is 2. The first-order valence-corrected chi connectivity index (χ1v) is 12.2.